The van der Waals surface area contributed by atoms with Crippen molar-refractivity contribution in [3.05, 3.63) is 22.8 Å². The van der Waals surface area contributed by atoms with Crippen LogP contribution in [0.4, 0.5) is 5.82 Å². The van der Waals surface area contributed by atoms with Crippen LogP contribution in [-0.4, -0.2) is 24.0 Å². The molecule has 1 heterocycles. The molecule has 0 aliphatic carbocycles. The Bertz CT molecular complexity index is 481. The van der Waals surface area contributed by atoms with Gasteiger partial charge in [0.1, 0.15) is 17.9 Å². The minimum atomic E-state index is -0.423. The van der Waals surface area contributed by atoms with Gasteiger partial charge in [-0.2, -0.15) is 5.26 Å². The van der Waals surface area contributed by atoms with Crippen LogP contribution in [0.15, 0.2) is 12.3 Å². The van der Waals surface area contributed by atoms with Crippen LogP contribution in [0.25, 0.3) is 0 Å². The van der Waals surface area contributed by atoms with Crippen molar-refractivity contribution >= 4 is 23.3 Å². The second-order valence-corrected chi connectivity index (χ2v) is 4.55. The first-order chi connectivity index (χ1) is 8.49. The van der Waals surface area contributed by atoms with Crippen LogP contribution in [0.3, 0.4) is 0 Å². The Morgan fingerprint density at radius 1 is 1.56 bits per heavy atom. The molecule has 1 amide bonds. The number of likely N-dealkylation sites (N-methyl/N-ethyl adjacent to an activating group) is 1. The molecule has 0 saturated heterocycles. The molecular formula is C12H15ClN4O. The molecule has 1 aromatic rings. The molecule has 6 heteroatoms. The van der Waals surface area contributed by atoms with Gasteiger partial charge < -0.3 is 10.6 Å². The van der Waals surface area contributed by atoms with Crippen molar-refractivity contribution < 1.29 is 4.79 Å². The summed E-state index contributed by atoms with van der Waals surface area (Å²) in [7, 11) is 1.58. The molecule has 5 nitrogen and oxygen atoms in total. The van der Waals surface area contributed by atoms with Crippen LogP contribution in [0, 0.1) is 17.2 Å². The van der Waals surface area contributed by atoms with Gasteiger partial charge in [-0.25, -0.2) is 4.98 Å². The number of pyridine rings is 1. The summed E-state index contributed by atoms with van der Waals surface area (Å²) in [6.45, 7) is 3.84. The highest BCUT2D eigenvalue weighted by atomic mass is 35.5. The quantitative estimate of drug-likeness (QED) is 0.871. The Labute approximate surface area is 111 Å². The smallest absolute Gasteiger partial charge is 0.242 e. The first kappa shape index (κ1) is 14.3. The fourth-order valence-electron chi connectivity index (χ4n) is 1.44. The van der Waals surface area contributed by atoms with Gasteiger partial charge in [0.2, 0.25) is 5.91 Å². The largest absolute Gasteiger partial charge is 0.357 e. The molecule has 0 aromatic carbocycles. The first-order valence-electron chi connectivity index (χ1n) is 5.53. The van der Waals surface area contributed by atoms with Crippen LogP contribution in [0.5, 0.6) is 0 Å². The SMILES string of the molecule is CNC(=O)C(Nc1ncc(C#N)cc1Cl)C(C)C. The van der Waals surface area contributed by atoms with E-state index < -0.39 is 6.04 Å². The summed E-state index contributed by atoms with van der Waals surface area (Å²) in [5.74, 6) is 0.351. The highest BCUT2D eigenvalue weighted by molar-refractivity contribution is 6.33. The molecule has 0 radical (unpaired) electrons. The molecule has 0 saturated carbocycles. The van der Waals surface area contributed by atoms with Crippen LogP contribution in [0.1, 0.15) is 19.4 Å². The van der Waals surface area contributed by atoms with Gasteiger partial charge in [0.25, 0.3) is 0 Å². The zero-order valence-corrected chi connectivity index (χ0v) is 11.2. The Kier molecular flexibility index (Phi) is 4.93. The van der Waals surface area contributed by atoms with Gasteiger partial charge in [-0.1, -0.05) is 25.4 Å². The van der Waals surface area contributed by atoms with Crippen molar-refractivity contribution in [2.45, 2.75) is 19.9 Å². The fourth-order valence-corrected chi connectivity index (χ4v) is 1.66. The average molecular weight is 267 g/mol. The number of rotatable bonds is 4. The maximum Gasteiger partial charge on any atom is 0.242 e. The second-order valence-electron chi connectivity index (χ2n) is 4.15. The van der Waals surface area contributed by atoms with Crippen molar-refractivity contribution in [3.63, 3.8) is 0 Å². The van der Waals surface area contributed by atoms with E-state index in [1.807, 2.05) is 19.9 Å². The number of hydrogen-bond acceptors (Lipinski definition) is 4. The molecule has 1 aromatic heterocycles. The van der Waals surface area contributed by atoms with E-state index >= 15 is 0 Å². The van der Waals surface area contributed by atoms with Gasteiger partial charge in [0, 0.05) is 13.2 Å². The van der Waals surface area contributed by atoms with Crippen molar-refractivity contribution in [3.8, 4) is 6.07 Å². The van der Waals surface area contributed by atoms with E-state index in [-0.39, 0.29) is 11.8 Å². The average Bonchev–Trinajstić information content (AvgIpc) is 2.35. The summed E-state index contributed by atoms with van der Waals surface area (Å²) in [5.41, 5.74) is 0.381. The third-order valence-electron chi connectivity index (χ3n) is 2.46. The van der Waals surface area contributed by atoms with E-state index in [1.54, 1.807) is 7.05 Å². The Morgan fingerprint density at radius 3 is 2.67 bits per heavy atom. The monoisotopic (exact) mass is 266 g/mol. The molecule has 1 unspecified atom stereocenters. The van der Waals surface area contributed by atoms with E-state index in [0.29, 0.717) is 16.4 Å². The molecule has 0 aliphatic rings. The maximum atomic E-state index is 11.7. The molecule has 0 fully saturated rings. The molecular weight excluding hydrogens is 252 g/mol. The predicted octanol–water partition coefficient (Wildman–Crippen LogP) is 1.79. The van der Waals surface area contributed by atoms with E-state index in [9.17, 15) is 4.79 Å². The summed E-state index contributed by atoms with van der Waals surface area (Å²) in [6, 6.07) is 3.04. The molecule has 1 rings (SSSR count). The number of anilines is 1. The predicted molar refractivity (Wildman–Crippen MR) is 70.3 cm³/mol. The van der Waals surface area contributed by atoms with Gasteiger partial charge in [0.05, 0.1) is 10.6 Å². The summed E-state index contributed by atoms with van der Waals surface area (Å²) in [5, 5.41) is 14.6. The number of nitrogens with zero attached hydrogens (tertiary/aromatic N) is 2. The number of hydrogen-bond donors (Lipinski definition) is 2. The van der Waals surface area contributed by atoms with Gasteiger partial charge in [-0.3, -0.25) is 4.79 Å². The fraction of sp³-hybridized carbons (Fsp3) is 0.417. The van der Waals surface area contributed by atoms with Crippen molar-refractivity contribution in [1.82, 2.24) is 10.3 Å². The van der Waals surface area contributed by atoms with Crippen LogP contribution in [0.2, 0.25) is 5.02 Å². The Morgan fingerprint density at radius 2 is 2.22 bits per heavy atom. The second kappa shape index (κ2) is 6.22. The molecule has 1 atom stereocenters. The lowest BCUT2D eigenvalue weighted by atomic mass is 10.0. The molecule has 0 aliphatic heterocycles. The molecule has 0 spiro atoms. The maximum absolute atomic E-state index is 11.7. The third kappa shape index (κ3) is 3.34. The lowest BCUT2D eigenvalue weighted by Gasteiger charge is -2.21. The summed E-state index contributed by atoms with van der Waals surface area (Å²) in [4.78, 5) is 15.7. The normalized spacial score (nSPS) is 11.8. The minimum Gasteiger partial charge on any atom is -0.357 e. The number of carbonyl (C=O) groups is 1. The van der Waals surface area contributed by atoms with Crippen molar-refractivity contribution in [1.29, 1.82) is 5.26 Å². The van der Waals surface area contributed by atoms with E-state index in [0.717, 1.165) is 0 Å². The van der Waals surface area contributed by atoms with E-state index in [4.69, 9.17) is 16.9 Å². The third-order valence-corrected chi connectivity index (χ3v) is 2.75. The zero-order valence-electron chi connectivity index (χ0n) is 10.5. The minimum absolute atomic E-state index is 0.0819. The van der Waals surface area contributed by atoms with E-state index in [2.05, 4.69) is 15.6 Å². The summed E-state index contributed by atoms with van der Waals surface area (Å²) >= 11 is 6.00. The topological polar surface area (TPSA) is 77.8 Å². The lowest BCUT2D eigenvalue weighted by molar-refractivity contribution is -0.122. The zero-order chi connectivity index (χ0) is 13.7. The number of amides is 1. The highest BCUT2D eigenvalue weighted by Gasteiger charge is 2.22. The number of carbonyl (C=O) groups excluding carboxylic acids is 1. The molecule has 18 heavy (non-hydrogen) atoms. The van der Waals surface area contributed by atoms with Gasteiger partial charge >= 0.3 is 0 Å². The van der Waals surface area contributed by atoms with Crippen LogP contribution >= 0.6 is 11.6 Å². The van der Waals surface area contributed by atoms with E-state index in [1.165, 1.54) is 12.3 Å². The molecule has 2 N–H and O–H groups in total. The summed E-state index contributed by atoms with van der Waals surface area (Å²) in [6.07, 6.45) is 1.41. The van der Waals surface area contributed by atoms with Crippen LogP contribution < -0.4 is 10.6 Å². The van der Waals surface area contributed by atoms with Gasteiger partial charge in [0.15, 0.2) is 0 Å². The standard InChI is InChI=1S/C12H15ClN4O/c1-7(2)10(12(18)15-3)17-11-9(13)4-8(5-14)6-16-11/h4,6-7,10H,1-3H3,(H,15,18)(H,16,17). The Hall–Kier alpha value is -1.80. The van der Waals surface area contributed by atoms with Crippen LogP contribution in [-0.2, 0) is 4.79 Å². The first-order valence-corrected chi connectivity index (χ1v) is 5.91. The molecule has 0 bridgehead atoms. The van der Waals surface area contributed by atoms with Crippen molar-refractivity contribution in [2.75, 3.05) is 12.4 Å². The van der Waals surface area contributed by atoms with Crippen molar-refractivity contribution in [2.24, 2.45) is 5.92 Å². The number of nitriles is 1. The highest BCUT2D eigenvalue weighted by Crippen LogP contribution is 2.21. The van der Waals surface area contributed by atoms with Gasteiger partial charge in [-0.05, 0) is 12.0 Å². The Balaban J connectivity index is 2.95. The summed E-state index contributed by atoms with van der Waals surface area (Å²) < 4.78 is 0. The number of halogens is 1. The number of nitrogens with one attached hydrogen (secondary N) is 2. The lowest BCUT2D eigenvalue weighted by Crippen LogP contribution is -2.41. The number of aromatic nitrogens is 1. The molecule has 96 valence electrons. The van der Waals surface area contributed by atoms with Gasteiger partial charge in [-0.15, -0.1) is 0 Å².